The number of aromatic nitrogens is 2. The summed E-state index contributed by atoms with van der Waals surface area (Å²) in [7, 11) is 0. The van der Waals surface area contributed by atoms with Gasteiger partial charge in [-0.15, -0.1) is 0 Å². The minimum Gasteiger partial charge on any atom is -0.466 e. The summed E-state index contributed by atoms with van der Waals surface area (Å²) in [6.45, 7) is 11.3. The van der Waals surface area contributed by atoms with Crippen LogP contribution in [0.15, 0.2) is 36.4 Å². The summed E-state index contributed by atoms with van der Waals surface area (Å²) in [4.78, 5) is 67.1. The number of esters is 1. The Morgan fingerprint density at radius 2 is 1.57 bits per heavy atom. The number of amides is 3. The molecule has 2 aliphatic heterocycles. The zero-order valence-electron chi connectivity index (χ0n) is 28.0. The van der Waals surface area contributed by atoms with E-state index in [0.29, 0.717) is 64.1 Å². The number of rotatable bonds is 13. The molecule has 3 heterocycles. The molecule has 1 N–H and O–H groups in total. The van der Waals surface area contributed by atoms with Crippen LogP contribution in [0.4, 0.5) is 10.6 Å². The van der Waals surface area contributed by atoms with E-state index in [0.717, 1.165) is 31.2 Å². The van der Waals surface area contributed by atoms with Gasteiger partial charge in [0.05, 0.1) is 19.1 Å². The maximum atomic E-state index is 13.8. The predicted molar refractivity (Wildman–Crippen MR) is 177 cm³/mol. The van der Waals surface area contributed by atoms with Crippen molar-refractivity contribution in [3.05, 3.63) is 42.1 Å². The first-order valence-corrected chi connectivity index (χ1v) is 17.1. The summed E-state index contributed by atoms with van der Waals surface area (Å²) in [5.74, 6) is 0.382. The van der Waals surface area contributed by atoms with Gasteiger partial charge in [-0.2, -0.15) is 0 Å². The number of fused-ring (bicyclic) bond motifs is 1. The second-order valence-electron chi connectivity index (χ2n) is 13.0. The number of nitrogens with one attached hydrogen (secondary N) is 1. The molecule has 3 amide bonds. The second kappa shape index (κ2) is 15.6. The SMILES string of the molecule is CCCCCCOC(=O)N1CCN(C(=O)[C@@H](NC(=O)c2cc(N3CC4C(C3)C4C(=O)OCC)nc(-c3ccccc3)n2)C(C)C)CC1. The molecule has 1 aromatic carbocycles. The summed E-state index contributed by atoms with van der Waals surface area (Å²) in [6, 6.07) is 10.4. The molecule has 47 heavy (non-hydrogen) atoms. The number of anilines is 1. The standard InChI is InChI=1S/C35H48N6O6/c1-5-7-8-12-19-47-35(45)40-17-15-39(16-18-40)33(43)30(23(3)4)38-32(42)27-20-28(37-31(36-27)24-13-10-9-11-14-24)41-21-25-26(22-41)29(25)34(44)46-6-2/h9-11,13-14,20,23,25-26,29-30H,5-8,12,15-19,21-22H2,1-4H3,(H,38,42)/t25?,26?,29?,30-/m0/s1. The van der Waals surface area contributed by atoms with E-state index in [1.807, 2.05) is 51.1 Å². The first-order chi connectivity index (χ1) is 22.7. The first kappa shape index (κ1) is 34.1. The third-order valence-corrected chi connectivity index (χ3v) is 9.35. The second-order valence-corrected chi connectivity index (χ2v) is 13.0. The molecule has 1 aromatic heterocycles. The molecule has 12 heteroatoms. The Labute approximate surface area is 277 Å². The molecular formula is C35H48N6O6. The topological polar surface area (TPSA) is 134 Å². The molecule has 2 saturated heterocycles. The van der Waals surface area contributed by atoms with Crippen LogP contribution in [0.1, 0.15) is 63.9 Å². The average Bonchev–Trinajstić information content (AvgIpc) is 3.59. The molecule has 3 fully saturated rings. The summed E-state index contributed by atoms with van der Waals surface area (Å²) < 4.78 is 10.7. The van der Waals surface area contributed by atoms with E-state index in [4.69, 9.17) is 14.5 Å². The van der Waals surface area contributed by atoms with Gasteiger partial charge in [-0.25, -0.2) is 14.8 Å². The van der Waals surface area contributed by atoms with Gasteiger partial charge in [0, 0.05) is 50.9 Å². The zero-order valence-corrected chi connectivity index (χ0v) is 28.0. The Hall–Kier alpha value is -4.22. The lowest BCUT2D eigenvalue weighted by Crippen LogP contribution is -2.57. The van der Waals surface area contributed by atoms with Crippen LogP contribution in [0.25, 0.3) is 11.4 Å². The van der Waals surface area contributed by atoms with E-state index in [9.17, 15) is 19.2 Å². The highest BCUT2D eigenvalue weighted by molar-refractivity contribution is 5.97. The Morgan fingerprint density at radius 3 is 2.21 bits per heavy atom. The Bertz CT molecular complexity index is 1400. The summed E-state index contributed by atoms with van der Waals surface area (Å²) in [5, 5.41) is 2.95. The van der Waals surface area contributed by atoms with E-state index in [1.54, 1.807) is 15.9 Å². The molecule has 254 valence electrons. The fraction of sp³-hybridized carbons (Fsp3) is 0.600. The first-order valence-electron chi connectivity index (χ1n) is 17.1. The lowest BCUT2D eigenvalue weighted by Gasteiger charge is -2.36. The van der Waals surface area contributed by atoms with Gasteiger partial charge < -0.3 is 29.5 Å². The molecular weight excluding hydrogens is 600 g/mol. The maximum absolute atomic E-state index is 13.8. The fourth-order valence-electron chi connectivity index (χ4n) is 6.55. The van der Waals surface area contributed by atoms with Crippen LogP contribution >= 0.6 is 0 Å². The molecule has 2 unspecified atom stereocenters. The van der Waals surface area contributed by atoms with E-state index < -0.39 is 11.9 Å². The molecule has 0 spiro atoms. The molecule has 0 bridgehead atoms. The van der Waals surface area contributed by atoms with Crippen molar-refractivity contribution in [2.75, 3.05) is 57.4 Å². The monoisotopic (exact) mass is 648 g/mol. The fourth-order valence-corrected chi connectivity index (χ4v) is 6.55. The van der Waals surface area contributed by atoms with Crippen molar-refractivity contribution in [1.82, 2.24) is 25.1 Å². The van der Waals surface area contributed by atoms with Gasteiger partial charge in [-0.05, 0) is 31.1 Å². The Morgan fingerprint density at radius 1 is 0.894 bits per heavy atom. The highest BCUT2D eigenvalue weighted by Crippen LogP contribution is 2.53. The van der Waals surface area contributed by atoms with Gasteiger partial charge in [0.15, 0.2) is 5.82 Å². The molecule has 1 aliphatic carbocycles. The molecule has 3 atom stereocenters. The number of hydrogen-bond acceptors (Lipinski definition) is 9. The molecule has 12 nitrogen and oxygen atoms in total. The maximum Gasteiger partial charge on any atom is 0.409 e. The van der Waals surface area contributed by atoms with Gasteiger partial charge in [0.1, 0.15) is 17.6 Å². The van der Waals surface area contributed by atoms with Crippen molar-refractivity contribution in [3.8, 4) is 11.4 Å². The van der Waals surface area contributed by atoms with E-state index in [2.05, 4.69) is 22.1 Å². The van der Waals surface area contributed by atoms with Crippen molar-refractivity contribution >= 4 is 29.7 Å². The van der Waals surface area contributed by atoms with Crippen molar-refractivity contribution in [2.45, 2.75) is 59.4 Å². The van der Waals surface area contributed by atoms with Crippen molar-refractivity contribution < 1.29 is 28.7 Å². The van der Waals surface area contributed by atoms with Crippen LogP contribution < -0.4 is 10.2 Å². The van der Waals surface area contributed by atoms with Gasteiger partial charge in [-0.1, -0.05) is 70.4 Å². The predicted octanol–water partition coefficient (Wildman–Crippen LogP) is 4.00. The number of carbonyl (C=O) groups excluding carboxylic acids is 4. The molecule has 2 aromatic rings. The van der Waals surface area contributed by atoms with E-state index >= 15 is 0 Å². The van der Waals surface area contributed by atoms with Gasteiger partial charge in [0.25, 0.3) is 5.91 Å². The number of ether oxygens (including phenoxy) is 2. The number of piperidine rings is 1. The van der Waals surface area contributed by atoms with Crippen molar-refractivity contribution in [1.29, 1.82) is 0 Å². The van der Waals surface area contributed by atoms with E-state index in [-0.39, 0.29) is 47.3 Å². The van der Waals surface area contributed by atoms with E-state index in [1.165, 1.54) is 0 Å². The van der Waals surface area contributed by atoms with Crippen LogP contribution in [0.3, 0.4) is 0 Å². The number of hydrogen-bond donors (Lipinski definition) is 1. The minimum absolute atomic E-state index is 0.0784. The van der Waals surface area contributed by atoms with Gasteiger partial charge >= 0.3 is 12.1 Å². The largest absolute Gasteiger partial charge is 0.466 e. The normalized spacial score (nSPS) is 20.9. The Balaban J connectivity index is 1.24. The van der Waals surface area contributed by atoms with Crippen molar-refractivity contribution in [2.24, 2.45) is 23.7 Å². The number of benzene rings is 1. The third-order valence-electron chi connectivity index (χ3n) is 9.35. The number of carbonyl (C=O) groups is 4. The Kier molecular flexibility index (Phi) is 11.3. The van der Waals surface area contributed by atoms with Crippen LogP contribution in [-0.2, 0) is 19.1 Å². The molecule has 3 aliphatic rings. The molecule has 0 radical (unpaired) electrons. The summed E-state index contributed by atoms with van der Waals surface area (Å²) >= 11 is 0. The molecule has 5 rings (SSSR count). The zero-order chi connectivity index (χ0) is 33.5. The van der Waals surface area contributed by atoms with Gasteiger partial charge in [-0.3, -0.25) is 14.4 Å². The van der Waals surface area contributed by atoms with Crippen LogP contribution in [0.2, 0.25) is 0 Å². The lowest BCUT2D eigenvalue weighted by atomic mass is 10.0. The number of nitrogens with zero attached hydrogens (tertiary/aromatic N) is 5. The van der Waals surface area contributed by atoms with Crippen LogP contribution in [-0.4, -0.2) is 102 Å². The summed E-state index contributed by atoms with van der Waals surface area (Å²) in [6.07, 6.45) is 3.79. The quantitative estimate of drug-likeness (QED) is 0.253. The molecule has 1 saturated carbocycles. The highest BCUT2D eigenvalue weighted by atomic mass is 16.6. The van der Waals surface area contributed by atoms with Crippen molar-refractivity contribution in [3.63, 3.8) is 0 Å². The third kappa shape index (κ3) is 8.20. The average molecular weight is 649 g/mol. The van der Waals surface area contributed by atoms with Gasteiger partial charge in [0.2, 0.25) is 5.91 Å². The number of unbranched alkanes of at least 4 members (excludes halogenated alkanes) is 3. The van der Waals surface area contributed by atoms with Crippen LogP contribution in [0.5, 0.6) is 0 Å². The van der Waals surface area contributed by atoms with Crippen LogP contribution in [0, 0.1) is 23.7 Å². The number of piperazine rings is 1. The smallest absolute Gasteiger partial charge is 0.409 e. The lowest BCUT2D eigenvalue weighted by molar-refractivity contribution is -0.145. The summed E-state index contributed by atoms with van der Waals surface area (Å²) in [5.41, 5.74) is 0.937. The minimum atomic E-state index is -0.775. The highest BCUT2D eigenvalue weighted by Gasteiger charge is 2.60.